The van der Waals surface area contributed by atoms with Gasteiger partial charge >= 0.3 is 0 Å². The molecule has 0 unspecified atom stereocenters. The molecule has 20 heavy (non-hydrogen) atoms. The minimum absolute atomic E-state index is 0.193. The number of hydrogen-bond donors (Lipinski definition) is 0. The average molecular weight is 273 g/mol. The van der Waals surface area contributed by atoms with E-state index in [1.807, 2.05) is 0 Å². The largest absolute Gasteiger partial charge is 0.381 e. The van der Waals surface area contributed by atoms with E-state index in [4.69, 9.17) is 4.74 Å². The van der Waals surface area contributed by atoms with E-state index in [1.54, 1.807) is 0 Å². The second-order valence-corrected chi connectivity index (χ2v) is 5.83. The maximum absolute atomic E-state index is 12.6. The number of nitrogens with zero attached hydrogens (tertiary/aromatic N) is 1. The van der Waals surface area contributed by atoms with Crippen LogP contribution >= 0.6 is 0 Å². The van der Waals surface area contributed by atoms with E-state index in [2.05, 4.69) is 29.2 Å². The fraction of sp³-hybridized carbons (Fsp3) is 0.588. The van der Waals surface area contributed by atoms with Crippen LogP contribution in [-0.4, -0.2) is 37.1 Å². The summed E-state index contributed by atoms with van der Waals surface area (Å²) in [6.07, 6.45) is 4.95. The van der Waals surface area contributed by atoms with Gasteiger partial charge in [-0.3, -0.25) is 4.79 Å². The molecule has 3 nitrogen and oxygen atoms in total. The molecule has 1 aromatic carbocycles. The normalized spacial score (nSPS) is 20.9. The van der Waals surface area contributed by atoms with Gasteiger partial charge in [-0.25, -0.2) is 0 Å². The highest BCUT2D eigenvalue weighted by Crippen LogP contribution is 2.21. The minimum atomic E-state index is 0.193. The summed E-state index contributed by atoms with van der Waals surface area (Å²) in [6, 6.07) is 8.65. The summed E-state index contributed by atoms with van der Waals surface area (Å²) < 4.78 is 5.36. The zero-order valence-electron chi connectivity index (χ0n) is 12.0. The zero-order chi connectivity index (χ0) is 13.8. The van der Waals surface area contributed by atoms with Crippen molar-refractivity contribution in [1.29, 1.82) is 0 Å². The van der Waals surface area contributed by atoms with E-state index >= 15 is 0 Å². The van der Waals surface area contributed by atoms with Gasteiger partial charge in [-0.2, -0.15) is 0 Å². The van der Waals surface area contributed by atoms with E-state index in [-0.39, 0.29) is 5.92 Å². The predicted molar refractivity (Wildman–Crippen MR) is 78.6 cm³/mol. The summed E-state index contributed by atoms with van der Waals surface area (Å²) in [5.41, 5.74) is 2.88. The van der Waals surface area contributed by atoms with Crippen LogP contribution in [0.25, 0.3) is 0 Å². The van der Waals surface area contributed by atoms with Gasteiger partial charge in [0.15, 0.2) is 0 Å². The van der Waals surface area contributed by atoms with Crippen molar-refractivity contribution >= 4 is 5.91 Å². The van der Waals surface area contributed by atoms with Crippen LogP contribution in [0, 0.1) is 5.92 Å². The molecule has 2 aliphatic heterocycles. The van der Waals surface area contributed by atoms with Gasteiger partial charge in [-0.15, -0.1) is 0 Å². The highest BCUT2D eigenvalue weighted by atomic mass is 16.5. The second kappa shape index (κ2) is 6.40. The van der Waals surface area contributed by atoms with Crippen molar-refractivity contribution in [1.82, 2.24) is 4.90 Å². The Morgan fingerprint density at radius 3 is 2.50 bits per heavy atom. The zero-order valence-corrected chi connectivity index (χ0v) is 12.0. The lowest BCUT2D eigenvalue weighted by molar-refractivity contribution is -0.138. The van der Waals surface area contributed by atoms with Gasteiger partial charge in [0.05, 0.1) is 0 Å². The Bertz CT molecular complexity index is 466. The number of benzene rings is 1. The first kappa shape index (κ1) is 13.6. The molecular weight excluding hydrogens is 250 g/mol. The van der Waals surface area contributed by atoms with Crippen LogP contribution in [0.2, 0.25) is 0 Å². The van der Waals surface area contributed by atoms with Crippen LogP contribution in [0.3, 0.4) is 0 Å². The molecule has 1 aromatic rings. The smallest absolute Gasteiger partial charge is 0.225 e. The number of carbonyl (C=O) groups excluding carboxylic acids is 1. The number of hydrogen-bond acceptors (Lipinski definition) is 2. The number of amides is 1. The first-order chi connectivity index (χ1) is 9.84. The third-order valence-corrected chi connectivity index (χ3v) is 4.53. The SMILES string of the molecule is O=C(C1CCOCC1)N1CCCc2ccccc2CC1. The molecule has 1 fully saturated rings. The molecular formula is C17H23NO2. The fourth-order valence-corrected chi connectivity index (χ4v) is 3.30. The molecule has 1 amide bonds. The molecule has 0 saturated carbocycles. The summed E-state index contributed by atoms with van der Waals surface area (Å²) in [5.74, 6) is 0.547. The van der Waals surface area contributed by atoms with Gasteiger partial charge in [-0.1, -0.05) is 24.3 Å². The van der Waals surface area contributed by atoms with Crippen LogP contribution in [0.4, 0.5) is 0 Å². The van der Waals surface area contributed by atoms with Gasteiger partial charge in [-0.05, 0) is 43.2 Å². The van der Waals surface area contributed by atoms with E-state index in [0.717, 1.165) is 58.4 Å². The van der Waals surface area contributed by atoms with Gasteiger partial charge in [0.2, 0.25) is 5.91 Å². The number of ether oxygens (including phenoxy) is 1. The first-order valence-corrected chi connectivity index (χ1v) is 7.78. The molecule has 1 saturated heterocycles. The lowest BCUT2D eigenvalue weighted by atomic mass is 9.95. The summed E-state index contributed by atoms with van der Waals surface area (Å²) in [7, 11) is 0. The van der Waals surface area contributed by atoms with Crippen molar-refractivity contribution in [2.75, 3.05) is 26.3 Å². The van der Waals surface area contributed by atoms with Crippen LogP contribution < -0.4 is 0 Å². The lowest BCUT2D eigenvalue weighted by Crippen LogP contribution is -2.41. The average Bonchev–Trinajstić information content (AvgIpc) is 2.48. The predicted octanol–water partition coefficient (Wildman–Crippen LogP) is 2.43. The van der Waals surface area contributed by atoms with Crippen LogP contribution in [0.1, 0.15) is 30.4 Å². The van der Waals surface area contributed by atoms with Crippen molar-refractivity contribution in [3.8, 4) is 0 Å². The minimum Gasteiger partial charge on any atom is -0.381 e. The van der Waals surface area contributed by atoms with Crippen LogP contribution in [0.15, 0.2) is 24.3 Å². The molecule has 3 rings (SSSR count). The molecule has 0 aromatic heterocycles. The summed E-state index contributed by atoms with van der Waals surface area (Å²) in [4.78, 5) is 14.7. The molecule has 3 heteroatoms. The van der Waals surface area contributed by atoms with E-state index in [9.17, 15) is 4.79 Å². The Kier molecular flexibility index (Phi) is 4.36. The number of fused-ring (bicyclic) bond motifs is 1. The molecule has 108 valence electrons. The van der Waals surface area contributed by atoms with Crippen molar-refractivity contribution in [3.05, 3.63) is 35.4 Å². The van der Waals surface area contributed by atoms with Gasteiger partial charge < -0.3 is 9.64 Å². The van der Waals surface area contributed by atoms with Gasteiger partial charge in [0.25, 0.3) is 0 Å². The Hall–Kier alpha value is -1.35. The highest BCUT2D eigenvalue weighted by Gasteiger charge is 2.26. The van der Waals surface area contributed by atoms with E-state index in [1.165, 1.54) is 11.1 Å². The number of rotatable bonds is 1. The molecule has 0 bridgehead atoms. The van der Waals surface area contributed by atoms with Crippen LogP contribution in [-0.2, 0) is 22.4 Å². The Balaban J connectivity index is 1.65. The Morgan fingerprint density at radius 2 is 1.75 bits per heavy atom. The summed E-state index contributed by atoms with van der Waals surface area (Å²) in [6.45, 7) is 3.26. The highest BCUT2D eigenvalue weighted by molar-refractivity contribution is 5.79. The monoisotopic (exact) mass is 273 g/mol. The van der Waals surface area contributed by atoms with Crippen LogP contribution in [0.5, 0.6) is 0 Å². The number of aryl methyl sites for hydroxylation is 1. The van der Waals surface area contributed by atoms with Crippen molar-refractivity contribution < 1.29 is 9.53 Å². The topological polar surface area (TPSA) is 29.5 Å². The van der Waals surface area contributed by atoms with Crippen molar-refractivity contribution in [2.24, 2.45) is 5.92 Å². The van der Waals surface area contributed by atoms with E-state index < -0.39 is 0 Å². The molecule has 0 spiro atoms. The molecule has 2 heterocycles. The Morgan fingerprint density at radius 1 is 1.05 bits per heavy atom. The first-order valence-electron chi connectivity index (χ1n) is 7.78. The quantitative estimate of drug-likeness (QED) is 0.786. The Labute approximate surface area is 120 Å². The molecule has 0 atom stereocenters. The summed E-state index contributed by atoms with van der Waals surface area (Å²) in [5, 5.41) is 0. The number of carbonyl (C=O) groups is 1. The maximum Gasteiger partial charge on any atom is 0.225 e. The fourth-order valence-electron chi connectivity index (χ4n) is 3.30. The third kappa shape index (κ3) is 3.04. The molecule has 0 aliphatic carbocycles. The summed E-state index contributed by atoms with van der Waals surface area (Å²) >= 11 is 0. The van der Waals surface area contributed by atoms with Gasteiger partial charge in [0, 0.05) is 32.2 Å². The van der Waals surface area contributed by atoms with Crippen molar-refractivity contribution in [2.45, 2.75) is 32.1 Å². The molecule has 0 radical (unpaired) electrons. The van der Waals surface area contributed by atoms with E-state index in [0.29, 0.717) is 5.91 Å². The lowest BCUT2D eigenvalue weighted by Gasteiger charge is -2.31. The molecule has 0 N–H and O–H groups in total. The second-order valence-electron chi connectivity index (χ2n) is 5.83. The van der Waals surface area contributed by atoms with Crippen molar-refractivity contribution in [3.63, 3.8) is 0 Å². The standard InChI is InChI=1S/C17H23NO2/c19-17(16-8-12-20-13-9-16)18-10-3-6-14-4-1-2-5-15(14)7-11-18/h1-2,4-5,16H,3,6-13H2. The third-order valence-electron chi connectivity index (χ3n) is 4.53. The van der Waals surface area contributed by atoms with Gasteiger partial charge in [0.1, 0.15) is 0 Å². The maximum atomic E-state index is 12.6. The molecule has 2 aliphatic rings.